The smallest absolute Gasteiger partial charge is 0.256 e. The lowest BCUT2D eigenvalue weighted by Gasteiger charge is -2.27. The number of Topliss-reactive ketones (excluding diaryl/α,β-unsaturated/α-hetero) is 1. The fraction of sp³-hybridized carbons (Fsp3) is 0.154. The fourth-order valence-corrected chi connectivity index (χ4v) is 3.88. The van der Waals surface area contributed by atoms with Crippen molar-refractivity contribution in [3.05, 3.63) is 84.1 Å². The van der Waals surface area contributed by atoms with E-state index in [-0.39, 0.29) is 17.7 Å². The molecule has 34 heavy (non-hydrogen) atoms. The maximum atomic E-state index is 13.6. The second kappa shape index (κ2) is 9.29. The average molecular weight is 460 g/mol. The Bertz CT molecular complexity index is 1350. The van der Waals surface area contributed by atoms with Crippen LogP contribution in [0.3, 0.4) is 0 Å². The number of amides is 1. The molecule has 0 aliphatic carbocycles. The molecule has 0 aliphatic rings. The van der Waals surface area contributed by atoms with Crippen molar-refractivity contribution >= 4 is 28.3 Å². The minimum atomic E-state index is -2.01. The van der Waals surface area contributed by atoms with E-state index in [4.69, 9.17) is 15.2 Å². The van der Waals surface area contributed by atoms with Gasteiger partial charge in [-0.05, 0) is 41.5 Å². The molecular weight excluding hydrogens is 434 g/mol. The fourth-order valence-electron chi connectivity index (χ4n) is 3.88. The zero-order valence-corrected chi connectivity index (χ0v) is 18.8. The van der Waals surface area contributed by atoms with Crippen molar-refractivity contribution in [2.75, 3.05) is 19.5 Å². The third-order valence-corrected chi connectivity index (χ3v) is 5.79. The molecule has 1 atom stereocenters. The average Bonchev–Trinajstić information content (AvgIpc) is 3.26. The number of carbonyl (C=O) groups is 2. The Labute approximate surface area is 196 Å². The Morgan fingerprint density at radius 1 is 1.00 bits per heavy atom. The molecule has 0 aliphatic heterocycles. The summed E-state index contributed by atoms with van der Waals surface area (Å²) < 4.78 is 10.5. The number of phenolic OH excluding ortho intramolecular Hbond substituents is 1. The molecule has 0 saturated heterocycles. The van der Waals surface area contributed by atoms with E-state index in [1.807, 2.05) is 24.3 Å². The highest BCUT2D eigenvalue weighted by Crippen LogP contribution is 2.32. The van der Waals surface area contributed by atoms with E-state index in [1.165, 1.54) is 38.5 Å². The molecule has 5 N–H and O–H groups in total. The quantitative estimate of drug-likeness (QED) is 0.299. The highest BCUT2D eigenvalue weighted by Gasteiger charge is 2.43. The Hall–Kier alpha value is -4.30. The molecule has 8 nitrogen and oxygen atoms in total. The molecule has 4 aromatic rings. The van der Waals surface area contributed by atoms with Crippen molar-refractivity contribution in [2.45, 2.75) is 12.0 Å². The number of hydrogen-bond acceptors (Lipinski definition) is 6. The lowest BCUT2D eigenvalue weighted by atomic mass is 9.82. The molecule has 0 saturated carbocycles. The number of aromatic amines is 1. The van der Waals surface area contributed by atoms with Gasteiger partial charge in [-0.1, -0.05) is 30.3 Å². The first-order chi connectivity index (χ1) is 16.4. The summed E-state index contributed by atoms with van der Waals surface area (Å²) in [4.78, 5) is 30.3. The number of para-hydroxylation sites is 1. The summed E-state index contributed by atoms with van der Waals surface area (Å²) in [6.07, 6.45) is 1.67. The molecule has 0 radical (unpaired) electrons. The van der Waals surface area contributed by atoms with Gasteiger partial charge in [0.1, 0.15) is 5.75 Å². The largest absolute Gasteiger partial charge is 0.508 e. The Morgan fingerprint density at radius 2 is 1.71 bits per heavy atom. The molecule has 1 aromatic heterocycles. The van der Waals surface area contributed by atoms with Gasteiger partial charge >= 0.3 is 0 Å². The minimum absolute atomic E-state index is 0.00419. The summed E-state index contributed by atoms with van der Waals surface area (Å²) in [5.74, 6) is -0.308. The number of nitrogens with two attached hydrogens (primary N) is 1. The van der Waals surface area contributed by atoms with Crippen molar-refractivity contribution in [1.29, 1.82) is 0 Å². The number of fused-ring (bicyclic) bond motifs is 1. The Morgan fingerprint density at radius 3 is 2.41 bits per heavy atom. The number of aromatic hydroxyl groups is 1. The number of carbonyl (C=O) groups excluding carboxylic acids is 2. The van der Waals surface area contributed by atoms with Gasteiger partial charge in [0.05, 0.1) is 14.2 Å². The number of rotatable bonds is 8. The molecule has 3 aromatic carbocycles. The zero-order valence-electron chi connectivity index (χ0n) is 18.8. The van der Waals surface area contributed by atoms with Crippen molar-refractivity contribution in [1.82, 2.24) is 4.98 Å². The Kier molecular flexibility index (Phi) is 6.25. The molecule has 0 fully saturated rings. The highest BCUT2D eigenvalue weighted by atomic mass is 16.5. The predicted octanol–water partition coefficient (Wildman–Crippen LogP) is 3.50. The number of methoxy groups -OCH3 is 2. The maximum absolute atomic E-state index is 13.6. The number of nitrogens with one attached hydrogen (secondary N) is 2. The van der Waals surface area contributed by atoms with E-state index < -0.39 is 17.2 Å². The van der Waals surface area contributed by atoms with E-state index >= 15 is 0 Å². The first kappa shape index (κ1) is 22.9. The molecule has 0 spiro atoms. The van der Waals surface area contributed by atoms with Crippen LogP contribution in [0.2, 0.25) is 0 Å². The summed E-state index contributed by atoms with van der Waals surface area (Å²) in [6.45, 7) is 0. The summed E-state index contributed by atoms with van der Waals surface area (Å²) in [5, 5.41) is 13.3. The van der Waals surface area contributed by atoms with E-state index in [9.17, 15) is 14.7 Å². The number of benzene rings is 3. The third kappa shape index (κ3) is 4.18. The minimum Gasteiger partial charge on any atom is -0.508 e. The van der Waals surface area contributed by atoms with Gasteiger partial charge in [0.15, 0.2) is 22.8 Å². The Balaban J connectivity index is 1.70. The summed E-state index contributed by atoms with van der Waals surface area (Å²) in [7, 11) is 2.99. The van der Waals surface area contributed by atoms with Crippen LogP contribution >= 0.6 is 0 Å². The van der Waals surface area contributed by atoms with Gasteiger partial charge in [0.25, 0.3) is 5.91 Å². The number of H-pyrrole nitrogens is 1. The zero-order chi connectivity index (χ0) is 24.3. The highest BCUT2D eigenvalue weighted by molar-refractivity contribution is 6.16. The first-order valence-corrected chi connectivity index (χ1v) is 10.6. The van der Waals surface area contributed by atoms with Crippen LogP contribution in [-0.2, 0) is 21.5 Å². The molecular formula is C26H25N3O5. The van der Waals surface area contributed by atoms with E-state index in [0.29, 0.717) is 17.2 Å². The topological polar surface area (TPSA) is 127 Å². The predicted molar refractivity (Wildman–Crippen MR) is 129 cm³/mol. The number of hydrogen-bond donors (Lipinski definition) is 4. The SMILES string of the molecule is COc1ccc(NC(=O)C(N)(C(=O)Cc2c[nH]c3ccccc23)c2ccc(O)cc2)cc1OC. The molecule has 1 heterocycles. The first-order valence-electron chi connectivity index (χ1n) is 10.6. The number of ether oxygens (including phenoxy) is 2. The molecule has 174 valence electrons. The standard InChI is InChI=1S/C26H25N3O5/c1-33-22-12-9-18(14-23(22)34-2)29-25(32)26(27,17-7-10-19(30)11-8-17)24(31)13-16-15-28-21-6-4-3-5-20(16)21/h3-12,14-15,28,30H,13,27H2,1-2H3,(H,29,32). The van der Waals surface area contributed by atoms with Gasteiger partial charge in [-0.25, -0.2) is 0 Å². The van der Waals surface area contributed by atoms with Crippen LogP contribution in [0.15, 0.2) is 72.9 Å². The molecule has 0 bridgehead atoms. The normalized spacial score (nSPS) is 12.7. The van der Waals surface area contributed by atoms with Crippen molar-refractivity contribution in [2.24, 2.45) is 5.73 Å². The summed E-state index contributed by atoms with van der Waals surface area (Å²) in [6, 6.07) is 18.1. The summed E-state index contributed by atoms with van der Waals surface area (Å²) in [5.41, 5.74) is 6.82. The van der Waals surface area contributed by atoms with Crippen LogP contribution in [-0.4, -0.2) is 36.0 Å². The maximum Gasteiger partial charge on any atom is 0.256 e. The number of phenols is 1. The van der Waals surface area contributed by atoms with Crippen molar-refractivity contribution in [3.8, 4) is 17.2 Å². The molecule has 1 unspecified atom stereocenters. The molecule has 4 rings (SSSR count). The van der Waals surface area contributed by atoms with Crippen molar-refractivity contribution in [3.63, 3.8) is 0 Å². The number of aromatic nitrogens is 1. The van der Waals surface area contributed by atoms with Gasteiger partial charge in [-0.15, -0.1) is 0 Å². The van der Waals surface area contributed by atoms with Crippen LogP contribution in [0.1, 0.15) is 11.1 Å². The van der Waals surface area contributed by atoms with Crippen LogP contribution in [0.25, 0.3) is 10.9 Å². The molecule has 1 amide bonds. The lowest BCUT2D eigenvalue weighted by Crippen LogP contribution is -2.55. The van der Waals surface area contributed by atoms with Crippen molar-refractivity contribution < 1.29 is 24.2 Å². The van der Waals surface area contributed by atoms with Gasteiger partial charge < -0.3 is 30.6 Å². The second-order valence-electron chi connectivity index (χ2n) is 7.84. The van der Waals surface area contributed by atoms with Crippen LogP contribution < -0.4 is 20.5 Å². The molecule has 8 heteroatoms. The number of ketones is 1. The van der Waals surface area contributed by atoms with Gasteiger partial charge in [-0.2, -0.15) is 0 Å². The van der Waals surface area contributed by atoms with E-state index in [0.717, 1.165) is 16.5 Å². The lowest BCUT2D eigenvalue weighted by molar-refractivity contribution is -0.133. The van der Waals surface area contributed by atoms with Crippen LogP contribution in [0, 0.1) is 0 Å². The summed E-state index contributed by atoms with van der Waals surface area (Å²) >= 11 is 0. The van der Waals surface area contributed by atoms with Crippen LogP contribution in [0.5, 0.6) is 17.2 Å². The number of anilines is 1. The third-order valence-electron chi connectivity index (χ3n) is 5.79. The van der Waals surface area contributed by atoms with Gasteiger partial charge in [0.2, 0.25) is 0 Å². The van der Waals surface area contributed by atoms with Gasteiger partial charge in [0, 0.05) is 35.3 Å². The van der Waals surface area contributed by atoms with E-state index in [1.54, 1.807) is 24.4 Å². The van der Waals surface area contributed by atoms with Gasteiger partial charge in [-0.3, -0.25) is 9.59 Å². The second-order valence-corrected chi connectivity index (χ2v) is 7.84. The van der Waals surface area contributed by atoms with E-state index in [2.05, 4.69) is 10.3 Å². The van der Waals surface area contributed by atoms with Crippen LogP contribution in [0.4, 0.5) is 5.69 Å². The monoisotopic (exact) mass is 459 g/mol.